The summed E-state index contributed by atoms with van der Waals surface area (Å²) in [5, 5.41) is 11.6. The van der Waals surface area contributed by atoms with E-state index >= 15 is 0 Å². The molecule has 0 aromatic rings. The minimum Gasteiger partial charge on any atom is -0.481 e. The zero-order valence-electron chi connectivity index (χ0n) is 12.1. The highest BCUT2D eigenvalue weighted by atomic mass is 19.4. The van der Waals surface area contributed by atoms with Crippen molar-refractivity contribution in [1.29, 1.82) is 0 Å². The van der Waals surface area contributed by atoms with Crippen molar-refractivity contribution < 1.29 is 27.9 Å². The molecule has 8 heteroatoms. The van der Waals surface area contributed by atoms with Crippen molar-refractivity contribution in [3.63, 3.8) is 0 Å². The van der Waals surface area contributed by atoms with Gasteiger partial charge >= 0.3 is 18.2 Å². The van der Waals surface area contributed by atoms with Gasteiger partial charge in [0.2, 0.25) is 0 Å². The summed E-state index contributed by atoms with van der Waals surface area (Å²) in [6, 6.07) is -2.10. The number of halogens is 3. The molecule has 122 valence electrons. The average molecular weight is 310 g/mol. The molecule has 2 N–H and O–H groups in total. The molecule has 1 saturated carbocycles. The zero-order valence-corrected chi connectivity index (χ0v) is 12.1. The summed E-state index contributed by atoms with van der Waals surface area (Å²) < 4.78 is 37.5. The highest BCUT2D eigenvalue weighted by molar-refractivity contribution is 5.77. The Hall–Kier alpha value is -1.47. The Kier molecular flexibility index (Phi) is 5.86. The number of aliphatic carboxylic acids is 1. The van der Waals surface area contributed by atoms with Crippen LogP contribution in [0.25, 0.3) is 0 Å². The maximum absolute atomic E-state index is 12.5. The number of nitrogens with zero attached hydrogens (tertiary/aromatic N) is 1. The molecule has 0 radical (unpaired) electrons. The second kappa shape index (κ2) is 7.00. The lowest BCUT2D eigenvalue weighted by Crippen LogP contribution is -2.53. The molecule has 0 aromatic carbocycles. The van der Waals surface area contributed by atoms with Gasteiger partial charge in [-0.3, -0.25) is 4.79 Å². The van der Waals surface area contributed by atoms with Gasteiger partial charge in [0.1, 0.15) is 6.54 Å². The van der Waals surface area contributed by atoms with Crippen molar-refractivity contribution in [1.82, 2.24) is 10.2 Å². The number of rotatable bonds is 4. The second-order valence-corrected chi connectivity index (χ2v) is 5.62. The van der Waals surface area contributed by atoms with Gasteiger partial charge < -0.3 is 15.3 Å². The number of carbonyl (C=O) groups is 2. The van der Waals surface area contributed by atoms with Crippen molar-refractivity contribution >= 4 is 12.0 Å². The largest absolute Gasteiger partial charge is 0.481 e. The van der Waals surface area contributed by atoms with Gasteiger partial charge in [0, 0.05) is 12.1 Å². The summed E-state index contributed by atoms with van der Waals surface area (Å²) in [7, 11) is 0. The molecule has 0 aliphatic heterocycles. The van der Waals surface area contributed by atoms with E-state index in [-0.39, 0.29) is 0 Å². The van der Waals surface area contributed by atoms with Crippen LogP contribution in [0.3, 0.4) is 0 Å². The molecule has 1 rings (SSSR count). The van der Waals surface area contributed by atoms with E-state index in [4.69, 9.17) is 5.11 Å². The predicted molar refractivity (Wildman–Crippen MR) is 69.8 cm³/mol. The normalized spacial score (nSPS) is 23.0. The van der Waals surface area contributed by atoms with Crippen molar-refractivity contribution in [2.24, 2.45) is 5.92 Å². The number of hydrogen-bond acceptors (Lipinski definition) is 2. The van der Waals surface area contributed by atoms with Crippen LogP contribution in [0.15, 0.2) is 0 Å². The highest BCUT2D eigenvalue weighted by Crippen LogP contribution is 2.25. The number of carbonyl (C=O) groups excluding carboxylic acids is 1. The van der Waals surface area contributed by atoms with Crippen molar-refractivity contribution in [3.8, 4) is 0 Å². The fourth-order valence-corrected chi connectivity index (χ4v) is 2.52. The molecule has 2 amide bonds. The van der Waals surface area contributed by atoms with E-state index in [0.29, 0.717) is 17.7 Å². The number of urea groups is 1. The number of carboxylic acid groups (broad SMARTS) is 1. The molecule has 0 heterocycles. The minimum atomic E-state index is -4.49. The molecular weight excluding hydrogens is 289 g/mol. The lowest BCUT2D eigenvalue weighted by Gasteiger charge is -2.33. The molecule has 1 aliphatic rings. The van der Waals surface area contributed by atoms with Gasteiger partial charge in [-0.15, -0.1) is 0 Å². The summed E-state index contributed by atoms with van der Waals surface area (Å²) in [6.07, 6.45) is -2.07. The van der Waals surface area contributed by atoms with Gasteiger partial charge in [-0.2, -0.15) is 13.2 Å². The second-order valence-electron chi connectivity index (χ2n) is 5.62. The molecule has 0 bridgehead atoms. The van der Waals surface area contributed by atoms with Gasteiger partial charge in [0.15, 0.2) is 0 Å². The molecule has 1 fully saturated rings. The zero-order chi connectivity index (χ0) is 16.2. The van der Waals surface area contributed by atoms with Crippen LogP contribution < -0.4 is 5.32 Å². The topological polar surface area (TPSA) is 69.6 Å². The summed E-state index contributed by atoms with van der Waals surface area (Å²) in [5.41, 5.74) is 0. The number of carboxylic acids is 1. The first-order chi connectivity index (χ1) is 9.61. The van der Waals surface area contributed by atoms with Crippen molar-refractivity contribution in [2.75, 3.05) is 6.54 Å². The minimum absolute atomic E-state index is 0.432. The van der Waals surface area contributed by atoms with E-state index in [0.717, 1.165) is 12.8 Å². The standard InChI is InChI=1S/C13H21F3N2O3/c1-8(2)18(7-13(14,15)16)12(21)17-10-6-4-3-5-9(10)11(19)20/h8-10H,3-7H2,1-2H3,(H,17,21)(H,19,20). The molecule has 2 atom stereocenters. The van der Waals surface area contributed by atoms with E-state index in [1.807, 2.05) is 0 Å². The van der Waals surface area contributed by atoms with Crippen LogP contribution >= 0.6 is 0 Å². The Morgan fingerprint density at radius 3 is 2.33 bits per heavy atom. The van der Waals surface area contributed by atoms with E-state index in [1.54, 1.807) is 0 Å². The van der Waals surface area contributed by atoms with Gasteiger partial charge in [0.05, 0.1) is 5.92 Å². The fourth-order valence-electron chi connectivity index (χ4n) is 2.52. The Balaban J connectivity index is 2.73. The Morgan fingerprint density at radius 2 is 1.86 bits per heavy atom. The lowest BCUT2D eigenvalue weighted by atomic mass is 9.84. The van der Waals surface area contributed by atoms with E-state index in [1.165, 1.54) is 13.8 Å². The predicted octanol–water partition coefficient (Wildman–Crippen LogP) is 2.61. The SMILES string of the molecule is CC(C)N(CC(F)(F)F)C(=O)NC1CCCCC1C(=O)O. The maximum atomic E-state index is 12.5. The van der Waals surface area contributed by atoms with Crippen molar-refractivity contribution in [3.05, 3.63) is 0 Å². The molecular formula is C13H21F3N2O3. The van der Waals surface area contributed by atoms with Gasteiger partial charge in [-0.1, -0.05) is 12.8 Å². The van der Waals surface area contributed by atoms with Crippen LogP contribution in [0.5, 0.6) is 0 Å². The van der Waals surface area contributed by atoms with E-state index < -0.39 is 42.7 Å². The summed E-state index contributed by atoms with van der Waals surface area (Å²) in [6.45, 7) is 1.63. The first-order valence-corrected chi connectivity index (χ1v) is 6.98. The molecule has 0 saturated heterocycles. The molecule has 0 aromatic heterocycles. The number of alkyl halides is 3. The first kappa shape index (κ1) is 17.6. The number of amides is 2. The number of hydrogen-bond donors (Lipinski definition) is 2. The smallest absolute Gasteiger partial charge is 0.406 e. The Morgan fingerprint density at radius 1 is 1.29 bits per heavy atom. The van der Waals surface area contributed by atoms with E-state index in [9.17, 15) is 22.8 Å². The maximum Gasteiger partial charge on any atom is 0.406 e. The molecule has 1 aliphatic carbocycles. The third-order valence-corrected chi connectivity index (χ3v) is 3.63. The summed E-state index contributed by atoms with van der Waals surface area (Å²) >= 11 is 0. The van der Waals surface area contributed by atoms with Crippen LogP contribution in [0.4, 0.5) is 18.0 Å². The molecule has 21 heavy (non-hydrogen) atoms. The van der Waals surface area contributed by atoms with Crippen LogP contribution in [-0.4, -0.2) is 46.8 Å². The third-order valence-electron chi connectivity index (χ3n) is 3.63. The van der Waals surface area contributed by atoms with Crippen molar-refractivity contribution in [2.45, 2.75) is 57.8 Å². The average Bonchev–Trinajstić information content (AvgIpc) is 2.34. The quantitative estimate of drug-likeness (QED) is 0.838. The third kappa shape index (κ3) is 5.43. The Labute approximate surface area is 121 Å². The summed E-state index contributed by atoms with van der Waals surface area (Å²) in [4.78, 5) is 23.8. The number of nitrogens with one attached hydrogen (secondary N) is 1. The van der Waals surface area contributed by atoms with Crippen LogP contribution in [0.2, 0.25) is 0 Å². The molecule has 0 spiro atoms. The van der Waals surface area contributed by atoms with Gasteiger partial charge in [0.25, 0.3) is 0 Å². The summed E-state index contributed by atoms with van der Waals surface area (Å²) in [5.74, 6) is -1.76. The lowest BCUT2D eigenvalue weighted by molar-refractivity contribution is -0.145. The first-order valence-electron chi connectivity index (χ1n) is 6.98. The highest BCUT2D eigenvalue weighted by Gasteiger charge is 2.37. The van der Waals surface area contributed by atoms with Gasteiger partial charge in [-0.05, 0) is 26.7 Å². The van der Waals surface area contributed by atoms with E-state index in [2.05, 4.69) is 5.32 Å². The molecule has 5 nitrogen and oxygen atoms in total. The van der Waals surface area contributed by atoms with Crippen LogP contribution in [0.1, 0.15) is 39.5 Å². The van der Waals surface area contributed by atoms with Crippen LogP contribution in [-0.2, 0) is 4.79 Å². The molecule has 2 unspecified atom stereocenters. The Bertz CT molecular complexity index is 385. The monoisotopic (exact) mass is 310 g/mol. The van der Waals surface area contributed by atoms with Gasteiger partial charge in [-0.25, -0.2) is 4.79 Å². The van der Waals surface area contributed by atoms with Crippen LogP contribution in [0, 0.1) is 5.92 Å². The fraction of sp³-hybridized carbons (Fsp3) is 0.846.